The van der Waals surface area contributed by atoms with Crippen LogP contribution in [0.3, 0.4) is 0 Å². The third-order valence-electron chi connectivity index (χ3n) is 9.56. The standard InChI is InChI=1S/C39H66N14O13/c1-18(2)12-26(38(65)66)52-35(62)25(13-22-15-43-17-45-22)51-37(64)30(19(3)4)53-34(61)24(9-10-29(56)57)50-32(59)20(5)46-33(60)23(8-7-11-44-39(41)42)49-31(58)21(6)47-36(63)27(16-54)48-28(55)14-40/h15,17-21,23-27,30,54H,7-14,16,40H2,1-6H3,(H,43,45)(H,46,60)(H,47,63)(H,48,55)(H,49,58)(H,50,59)(H,51,64)(H,52,62)(H,53,61)(H,56,57)(H,65,66)(H4,41,42,44)/t20-,21-,23-,24-,25-,26-,27-,30-/m0/s1. The molecule has 0 saturated heterocycles. The van der Waals surface area contributed by atoms with E-state index in [2.05, 4.69) is 57.5 Å². The van der Waals surface area contributed by atoms with Gasteiger partial charge in [0.1, 0.15) is 48.3 Å². The van der Waals surface area contributed by atoms with Crippen molar-refractivity contribution in [2.45, 2.75) is 128 Å². The number of guanidine groups is 1. The zero-order valence-electron chi connectivity index (χ0n) is 37.8. The van der Waals surface area contributed by atoms with Gasteiger partial charge in [-0.05, 0) is 51.4 Å². The Morgan fingerprint density at radius 2 is 1.18 bits per heavy atom. The van der Waals surface area contributed by atoms with Crippen molar-refractivity contribution in [3.63, 3.8) is 0 Å². The van der Waals surface area contributed by atoms with Crippen molar-refractivity contribution in [3.05, 3.63) is 18.2 Å². The Bertz CT molecular complexity index is 1860. The molecule has 0 fully saturated rings. The van der Waals surface area contributed by atoms with Gasteiger partial charge in [0.05, 0.1) is 19.5 Å². The molecule has 0 aromatic carbocycles. The van der Waals surface area contributed by atoms with Gasteiger partial charge < -0.3 is 80.0 Å². The molecule has 8 atom stereocenters. The van der Waals surface area contributed by atoms with Crippen LogP contribution in [0.5, 0.6) is 0 Å². The number of aliphatic hydroxyl groups is 1. The van der Waals surface area contributed by atoms with Gasteiger partial charge in [-0.1, -0.05) is 27.7 Å². The quantitative estimate of drug-likeness (QED) is 0.0194. The zero-order chi connectivity index (χ0) is 50.3. The maximum Gasteiger partial charge on any atom is 0.326 e. The van der Waals surface area contributed by atoms with Crippen LogP contribution in [-0.2, 0) is 54.4 Å². The molecular weight excluding hydrogens is 873 g/mol. The molecule has 0 bridgehead atoms. The summed E-state index contributed by atoms with van der Waals surface area (Å²) in [4.78, 5) is 139. The number of carbonyl (C=O) groups is 10. The van der Waals surface area contributed by atoms with Crippen molar-refractivity contribution in [3.8, 4) is 0 Å². The maximum absolute atomic E-state index is 13.8. The lowest BCUT2D eigenvalue weighted by atomic mass is 10.00. The minimum atomic E-state index is -1.59. The summed E-state index contributed by atoms with van der Waals surface area (Å²) < 4.78 is 0. The number of aromatic amines is 1. The molecule has 0 aliphatic carbocycles. The Morgan fingerprint density at radius 1 is 0.667 bits per heavy atom. The fraction of sp³-hybridized carbons (Fsp3) is 0.641. The van der Waals surface area contributed by atoms with Crippen molar-refractivity contribution < 1.29 is 63.3 Å². The van der Waals surface area contributed by atoms with Crippen LogP contribution in [0.15, 0.2) is 17.5 Å². The summed E-state index contributed by atoms with van der Waals surface area (Å²) in [7, 11) is 0. The topological polar surface area (TPSA) is 447 Å². The number of nitrogens with zero attached hydrogens (tertiary/aromatic N) is 2. The van der Waals surface area contributed by atoms with Crippen LogP contribution in [0.4, 0.5) is 0 Å². The molecule has 0 aliphatic heterocycles. The van der Waals surface area contributed by atoms with Gasteiger partial charge in [0.15, 0.2) is 5.96 Å². The number of carbonyl (C=O) groups excluding carboxylic acids is 8. The SMILES string of the molecule is CC(C)C[C@H](NC(=O)[C@H](Cc1cnc[nH]1)NC(=O)[C@@H](NC(=O)[C@H](CCC(=O)O)NC(=O)[C@H](C)NC(=O)[C@H](CCCN=C(N)N)NC(=O)[C@H](C)NC(=O)[C@H](CO)NC(=O)CN)C(C)C)C(=O)O. The number of carboxylic acids is 2. The Hall–Kier alpha value is -6.90. The van der Waals surface area contributed by atoms with Crippen molar-refractivity contribution in [1.82, 2.24) is 52.5 Å². The van der Waals surface area contributed by atoms with Crippen LogP contribution in [-0.4, -0.2) is 158 Å². The van der Waals surface area contributed by atoms with E-state index >= 15 is 0 Å². The summed E-state index contributed by atoms with van der Waals surface area (Å²) >= 11 is 0. The van der Waals surface area contributed by atoms with Gasteiger partial charge in [-0.3, -0.25) is 48.1 Å². The predicted octanol–water partition coefficient (Wildman–Crippen LogP) is -5.47. The first-order valence-electron chi connectivity index (χ1n) is 21.1. The molecule has 1 rings (SSSR count). The second-order valence-corrected chi connectivity index (χ2v) is 16.1. The fourth-order valence-electron chi connectivity index (χ4n) is 5.95. The summed E-state index contributed by atoms with van der Waals surface area (Å²) in [6.07, 6.45) is 1.61. The first-order valence-corrected chi connectivity index (χ1v) is 21.1. The summed E-state index contributed by atoms with van der Waals surface area (Å²) in [5, 5.41) is 47.9. The minimum absolute atomic E-state index is 0.0285. The van der Waals surface area contributed by atoms with E-state index < -0.39 is 139 Å². The number of nitrogens with one attached hydrogen (secondary N) is 9. The van der Waals surface area contributed by atoms with Crippen molar-refractivity contribution in [1.29, 1.82) is 0 Å². The molecule has 66 heavy (non-hydrogen) atoms. The molecule has 370 valence electrons. The molecule has 27 heteroatoms. The first kappa shape index (κ1) is 57.1. The second kappa shape index (κ2) is 28.8. The van der Waals surface area contributed by atoms with E-state index in [0.29, 0.717) is 5.69 Å². The average Bonchev–Trinajstić information content (AvgIpc) is 3.75. The predicted molar refractivity (Wildman–Crippen MR) is 234 cm³/mol. The first-order chi connectivity index (χ1) is 30.9. The number of aliphatic carboxylic acids is 2. The monoisotopic (exact) mass is 938 g/mol. The molecular formula is C39H66N14O13. The number of H-pyrrole nitrogens is 1. The number of rotatable bonds is 30. The highest BCUT2D eigenvalue weighted by Gasteiger charge is 2.35. The van der Waals surface area contributed by atoms with Gasteiger partial charge in [0, 0.05) is 31.3 Å². The van der Waals surface area contributed by atoms with Crippen molar-refractivity contribution in [2.75, 3.05) is 19.7 Å². The molecule has 1 aromatic heterocycles. The van der Waals surface area contributed by atoms with Gasteiger partial charge in [-0.25, -0.2) is 9.78 Å². The molecule has 0 saturated carbocycles. The lowest BCUT2D eigenvalue weighted by Gasteiger charge is -2.28. The lowest BCUT2D eigenvalue weighted by Crippen LogP contribution is -2.60. The zero-order valence-corrected chi connectivity index (χ0v) is 37.8. The Morgan fingerprint density at radius 3 is 1.65 bits per heavy atom. The average molecular weight is 939 g/mol. The van der Waals surface area contributed by atoms with Crippen LogP contribution in [0, 0.1) is 11.8 Å². The summed E-state index contributed by atoms with van der Waals surface area (Å²) in [6, 6.07) is -11.2. The molecule has 0 spiro atoms. The number of aliphatic imine (C=N–C) groups is 1. The van der Waals surface area contributed by atoms with E-state index in [0.717, 1.165) is 0 Å². The molecule has 27 nitrogen and oxygen atoms in total. The molecule has 1 aromatic rings. The smallest absolute Gasteiger partial charge is 0.326 e. The van der Waals surface area contributed by atoms with Crippen molar-refractivity contribution >= 4 is 65.2 Å². The van der Waals surface area contributed by atoms with E-state index in [4.69, 9.17) is 17.2 Å². The number of hydrogen-bond acceptors (Lipinski definition) is 14. The number of hydrogen-bond donors (Lipinski definition) is 15. The summed E-state index contributed by atoms with van der Waals surface area (Å²) in [6.45, 7) is 7.89. The van der Waals surface area contributed by atoms with Crippen LogP contribution in [0.1, 0.15) is 79.3 Å². The normalized spacial score (nSPS) is 14.6. The highest BCUT2D eigenvalue weighted by atomic mass is 16.4. The Kier molecular flexibility index (Phi) is 24.9. The van der Waals surface area contributed by atoms with E-state index in [9.17, 15) is 63.3 Å². The Balaban J connectivity index is 3.26. The van der Waals surface area contributed by atoms with Gasteiger partial charge in [0.25, 0.3) is 0 Å². The molecule has 1 heterocycles. The fourth-order valence-corrected chi connectivity index (χ4v) is 5.95. The van der Waals surface area contributed by atoms with Gasteiger partial charge >= 0.3 is 11.9 Å². The number of aromatic nitrogens is 2. The summed E-state index contributed by atoms with van der Waals surface area (Å²) in [5.74, 6) is -10.8. The third kappa shape index (κ3) is 21.2. The largest absolute Gasteiger partial charge is 0.481 e. The highest BCUT2D eigenvalue weighted by Crippen LogP contribution is 2.10. The minimum Gasteiger partial charge on any atom is -0.481 e. The Labute approximate surface area is 380 Å². The van der Waals surface area contributed by atoms with E-state index in [1.165, 1.54) is 26.4 Å². The number of imidazole rings is 1. The van der Waals surface area contributed by atoms with Crippen molar-refractivity contribution in [2.24, 2.45) is 34.0 Å². The van der Waals surface area contributed by atoms with Crippen LogP contribution < -0.4 is 59.7 Å². The van der Waals surface area contributed by atoms with E-state index in [1.54, 1.807) is 27.7 Å². The molecule has 0 unspecified atom stereocenters. The second-order valence-electron chi connectivity index (χ2n) is 16.1. The third-order valence-corrected chi connectivity index (χ3v) is 9.56. The van der Waals surface area contributed by atoms with E-state index in [-0.39, 0.29) is 44.1 Å². The maximum atomic E-state index is 13.8. The number of aliphatic hydroxyl groups excluding tert-OH is 1. The molecule has 18 N–H and O–H groups in total. The van der Waals surface area contributed by atoms with E-state index in [1.807, 2.05) is 0 Å². The van der Waals surface area contributed by atoms with Gasteiger partial charge in [-0.2, -0.15) is 0 Å². The molecule has 0 aliphatic rings. The lowest BCUT2D eigenvalue weighted by molar-refractivity contribution is -0.143. The number of nitrogens with two attached hydrogens (primary N) is 3. The molecule has 0 radical (unpaired) electrons. The van der Waals surface area contributed by atoms with Gasteiger partial charge in [0.2, 0.25) is 47.3 Å². The van der Waals surface area contributed by atoms with Gasteiger partial charge in [-0.15, -0.1) is 0 Å². The number of carboxylic acid groups (broad SMARTS) is 2. The van der Waals surface area contributed by atoms with Crippen LogP contribution >= 0.6 is 0 Å². The van der Waals surface area contributed by atoms with Crippen LogP contribution in [0.25, 0.3) is 0 Å². The van der Waals surface area contributed by atoms with Crippen LogP contribution in [0.2, 0.25) is 0 Å². The highest BCUT2D eigenvalue weighted by molar-refractivity contribution is 5.98. The summed E-state index contributed by atoms with van der Waals surface area (Å²) in [5.41, 5.74) is 16.4. The number of amides is 8. The molecule has 8 amide bonds.